The predicted molar refractivity (Wildman–Crippen MR) is 56.0 cm³/mol. The molecule has 0 radical (unpaired) electrons. The van der Waals surface area contributed by atoms with E-state index in [0.717, 1.165) is 0 Å². The first-order valence-electron chi connectivity index (χ1n) is 5.36. The third kappa shape index (κ3) is 2.10. The highest BCUT2D eigenvalue weighted by atomic mass is 19.2. The van der Waals surface area contributed by atoms with E-state index in [4.69, 9.17) is 10.2 Å². The zero-order valence-electron chi connectivity index (χ0n) is 10.1. The molecule has 2 rings (SSSR count). The first-order chi connectivity index (χ1) is 9.92. The largest absolute Gasteiger partial charge is 0.351 e. The maximum atomic E-state index is 13.5. The van der Waals surface area contributed by atoms with Crippen LogP contribution in [-0.2, 0) is 0 Å². The van der Waals surface area contributed by atoms with Gasteiger partial charge in [-0.3, -0.25) is 0 Å². The van der Waals surface area contributed by atoms with E-state index in [1.165, 1.54) is 0 Å². The highest BCUT2D eigenvalue weighted by Gasteiger charge is 2.48. The monoisotopic (exact) mass is 332 g/mol. The molecule has 22 heavy (non-hydrogen) atoms. The Labute approximate surface area is 116 Å². The van der Waals surface area contributed by atoms with Gasteiger partial charge in [-0.2, -0.15) is 8.78 Å². The van der Waals surface area contributed by atoms with Crippen LogP contribution in [0.3, 0.4) is 0 Å². The van der Waals surface area contributed by atoms with Crippen molar-refractivity contribution in [2.75, 3.05) is 0 Å². The second-order valence-electron chi connectivity index (χ2n) is 4.31. The molecule has 0 aliphatic heterocycles. The summed E-state index contributed by atoms with van der Waals surface area (Å²) in [5.74, 6) is -23.8. The molecule has 2 unspecified atom stereocenters. The molecule has 0 fully saturated rings. The Morgan fingerprint density at radius 2 is 0.909 bits per heavy atom. The van der Waals surface area contributed by atoms with Crippen molar-refractivity contribution in [3.8, 4) is 0 Å². The number of allylic oxidation sites excluding steroid dienone is 6. The van der Waals surface area contributed by atoms with Crippen LogP contribution >= 0.6 is 0 Å². The third-order valence-corrected chi connectivity index (χ3v) is 2.91. The SMILES string of the molecule is OC1(F)C(F)=C/C(=C2/C=C(F)C(O)(F)C(F)=C2F)C(F)=C1F. The lowest BCUT2D eigenvalue weighted by Gasteiger charge is -2.24. The van der Waals surface area contributed by atoms with Gasteiger partial charge >= 0.3 is 11.7 Å². The van der Waals surface area contributed by atoms with Crippen molar-refractivity contribution in [2.45, 2.75) is 11.7 Å². The maximum Gasteiger partial charge on any atom is 0.314 e. The fourth-order valence-electron chi connectivity index (χ4n) is 1.70. The average Bonchev–Trinajstić information content (AvgIpc) is 2.44. The molecule has 2 nitrogen and oxygen atoms in total. The summed E-state index contributed by atoms with van der Waals surface area (Å²) in [6.45, 7) is 0. The van der Waals surface area contributed by atoms with Gasteiger partial charge in [0.15, 0.2) is 23.3 Å². The number of hydrogen-bond acceptors (Lipinski definition) is 2. The third-order valence-electron chi connectivity index (χ3n) is 2.91. The minimum atomic E-state index is -4.47. The molecule has 10 heteroatoms. The van der Waals surface area contributed by atoms with Crippen molar-refractivity contribution in [2.24, 2.45) is 0 Å². The lowest BCUT2D eigenvalue weighted by atomic mass is 9.93. The summed E-state index contributed by atoms with van der Waals surface area (Å²) >= 11 is 0. The van der Waals surface area contributed by atoms with Crippen molar-refractivity contribution in [3.05, 3.63) is 58.3 Å². The first kappa shape index (κ1) is 16.4. The Hall–Kier alpha value is -1.94. The summed E-state index contributed by atoms with van der Waals surface area (Å²) in [7, 11) is 0. The number of aliphatic hydroxyl groups is 2. The fraction of sp³-hybridized carbons (Fsp3) is 0.167. The smallest absolute Gasteiger partial charge is 0.314 e. The Morgan fingerprint density at radius 3 is 1.18 bits per heavy atom. The highest BCUT2D eigenvalue weighted by molar-refractivity contribution is 5.60. The van der Waals surface area contributed by atoms with E-state index in [2.05, 4.69) is 0 Å². The molecule has 2 aliphatic carbocycles. The van der Waals surface area contributed by atoms with Gasteiger partial charge in [0.2, 0.25) is 11.7 Å². The molecule has 0 spiro atoms. The molecule has 0 saturated heterocycles. The van der Waals surface area contributed by atoms with Crippen LogP contribution < -0.4 is 0 Å². The zero-order chi connectivity index (χ0) is 17.0. The van der Waals surface area contributed by atoms with Crippen LogP contribution in [-0.4, -0.2) is 21.9 Å². The fourth-order valence-corrected chi connectivity index (χ4v) is 1.70. The van der Waals surface area contributed by atoms with E-state index < -0.39 is 57.8 Å². The summed E-state index contributed by atoms with van der Waals surface area (Å²) in [4.78, 5) is 0. The summed E-state index contributed by atoms with van der Waals surface area (Å²) in [6.07, 6.45) is -0.542. The number of rotatable bonds is 0. The van der Waals surface area contributed by atoms with Crippen LogP contribution in [0.2, 0.25) is 0 Å². The lowest BCUT2D eigenvalue weighted by molar-refractivity contribution is -0.0577. The molecule has 0 bridgehead atoms. The summed E-state index contributed by atoms with van der Waals surface area (Å²) in [6, 6.07) is 0. The van der Waals surface area contributed by atoms with E-state index in [0.29, 0.717) is 0 Å². The number of alkyl halides is 2. The normalized spacial score (nSPS) is 36.6. The van der Waals surface area contributed by atoms with E-state index in [-0.39, 0.29) is 12.2 Å². The molecule has 0 aromatic rings. The van der Waals surface area contributed by atoms with Gasteiger partial charge in [0.25, 0.3) is 0 Å². The number of halogens is 8. The predicted octanol–water partition coefficient (Wildman–Crippen LogP) is 3.63. The van der Waals surface area contributed by atoms with Crippen molar-refractivity contribution in [3.63, 3.8) is 0 Å². The van der Waals surface area contributed by atoms with Crippen LogP contribution in [0.5, 0.6) is 0 Å². The van der Waals surface area contributed by atoms with Crippen molar-refractivity contribution in [1.29, 1.82) is 0 Å². The highest BCUT2D eigenvalue weighted by Crippen LogP contribution is 2.46. The van der Waals surface area contributed by atoms with E-state index in [9.17, 15) is 35.1 Å². The molecule has 120 valence electrons. The molecule has 0 amide bonds. The molecule has 2 aliphatic rings. The minimum Gasteiger partial charge on any atom is -0.351 e. The molecule has 0 saturated carbocycles. The topological polar surface area (TPSA) is 40.5 Å². The van der Waals surface area contributed by atoms with Gasteiger partial charge in [0, 0.05) is 11.1 Å². The van der Waals surface area contributed by atoms with Gasteiger partial charge in [-0.05, 0) is 12.2 Å². The molecule has 0 aromatic heterocycles. The second kappa shape index (κ2) is 4.78. The van der Waals surface area contributed by atoms with Crippen molar-refractivity contribution >= 4 is 0 Å². The molecule has 2 atom stereocenters. The van der Waals surface area contributed by atoms with Crippen LogP contribution in [0.25, 0.3) is 0 Å². The quantitative estimate of drug-likeness (QED) is 0.665. The van der Waals surface area contributed by atoms with Crippen LogP contribution in [0, 0.1) is 0 Å². The van der Waals surface area contributed by atoms with Gasteiger partial charge in [0.05, 0.1) is 0 Å². The molecule has 0 heterocycles. The van der Waals surface area contributed by atoms with Gasteiger partial charge in [-0.15, -0.1) is 0 Å². The number of hydrogen-bond donors (Lipinski definition) is 2. The molecule has 2 N–H and O–H groups in total. The van der Waals surface area contributed by atoms with E-state index >= 15 is 0 Å². The standard InChI is InChI=1S/C12H4F8O2/c13-5-1-3(7(15)9(17)11(5,19)21)4-2-6(14)12(20,22)10(18)8(4)16/h1-2,21-22H/b4-3+. The molecular formula is C12H4F8O2. The van der Waals surface area contributed by atoms with E-state index in [1.807, 2.05) is 0 Å². The Balaban J connectivity index is 2.77. The Morgan fingerprint density at radius 1 is 0.636 bits per heavy atom. The first-order valence-corrected chi connectivity index (χ1v) is 5.36. The average molecular weight is 332 g/mol. The minimum absolute atomic E-state index is 0.271. The van der Waals surface area contributed by atoms with Crippen LogP contribution in [0.4, 0.5) is 35.1 Å². The van der Waals surface area contributed by atoms with Gasteiger partial charge < -0.3 is 10.2 Å². The van der Waals surface area contributed by atoms with Crippen LogP contribution in [0.15, 0.2) is 58.3 Å². The molecule has 0 aromatic carbocycles. The zero-order valence-corrected chi connectivity index (χ0v) is 10.1. The summed E-state index contributed by atoms with van der Waals surface area (Å²) in [5.41, 5.74) is -3.06. The molecular weight excluding hydrogens is 328 g/mol. The summed E-state index contributed by atoms with van der Waals surface area (Å²) < 4.78 is 106. The summed E-state index contributed by atoms with van der Waals surface area (Å²) in [5, 5.41) is 17.4. The van der Waals surface area contributed by atoms with Crippen molar-refractivity contribution in [1.82, 2.24) is 0 Å². The Kier molecular flexibility index (Phi) is 3.57. The van der Waals surface area contributed by atoms with Gasteiger partial charge in [-0.25, -0.2) is 26.3 Å². The van der Waals surface area contributed by atoms with Crippen LogP contribution in [0.1, 0.15) is 0 Å². The van der Waals surface area contributed by atoms with Gasteiger partial charge in [-0.1, -0.05) is 0 Å². The maximum absolute atomic E-state index is 13.5. The Bertz CT molecular complexity index is 649. The second-order valence-corrected chi connectivity index (χ2v) is 4.31. The van der Waals surface area contributed by atoms with Gasteiger partial charge in [0.1, 0.15) is 0 Å². The lowest BCUT2D eigenvalue weighted by Crippen LogP contribution is -2.30. The van der Waals surface area contributed by atoms with E-state index in [1.54, 1.807) is 0 Å². The van der Waals surface area contributed by atoms with Crippen molar-refractivity contribution < 1.29 is 45.3 Å².